The van der Waals surface area contributed by atoms with Gasteiger partial charge < -0.3 is 10.1 Å². The molecule has 0 aliphatic carbocycles. The fraction of sp³-hybridized carbons (Fsp3) is 0.0625. The molecule has 0 radical (unpaired) electrons. The molecule has 0 aliphatic rings. The van der Waals surface area contributed by atoms with Crippen molar-refractivity contribution < 1.29 is 9.90 Å². The highest BCUT2D eigenvalue weighted by Crippen LogP contribution is 2.35. The number of carboxylic acid groups (broad SMARTS) is 1. The van der Waals surface area contributed by atoms with Crippen molar-refractivity contribution >= 4 is 28.5 Å². The summed E-state index contributed by atoms with van der Waals surface area (Å²) in [5.41, 5.74) is 3.28. The van der Waals surface area contributed by atoms with Gasteiger partial charge in [-0.25, -0.2) is 0 Å². The van der Waals surface area contributed by atoms with Gasteiger partial charge in [-0.1, -0.05) is 54.1 Å². The van der Waals surface area contributed by atoms with Crippen molar-refractivity contribution in [1.82, 2.24) is 4.98 Å². The van der Waals surface area contributed by atoms with E-state index in [4.69, 9.17) is 16.7 Å². The molecule has 3 aromatic rings. The molecule has 1 aromatic heterocycles. The monoisotopic (exact) mass is 285 g/mol. The minimum absolute atomic E-state index is 0.0259. The molecule has 0 amide bonds. The third-order valence-electron chi connectivity index (χ3n) is 3.27. The van der Waals surface area contributed by atoms with Gasteiger partial charge in [-0.15, -0.1) is 0 Å². The molecule has 4 heteroatoms. The van der Waals surface area contributed by atoms with Gasteiger partial charge in [0.1, 0.15) is 0 Å². The predicted octanol–water partition coefficient (Wildman–Crippen LogP) is 4.12. The lowest BCUT2D eigenvalue weighted by molar-refractivity contribution is -0.136. The molecule has 0 saturated carbocycles. The summed E-state index contributed by atoms with van der Waals surface area (Å²) in [6, 6.07) is 15.2. The van der Waals surface area contributed by atoms with Crippen molar-refractivity contribution in [2.75, 3.05) is 0 Å². The summed E-state index contributed by atoms with van der Waals surface area (Å²) in [7, 11) is 0. The van der Waals surface area contributed by atoms with Crippen LogP contribution in [0.25, 0.3) is 22.2 Å². The molecule has 0 fully saturated rings. The standard InChI is InChI=1S/C16H12ClNO2/c17-15-12-7-3-4-8-13(12)18-16(15)11-6-2-1-5-10(11)9-14(19)20/h1-8,18H,9H2,(H,19,20). The van der Waals surface area contributed by atoms with Crippen LogP contribution in [0.15, 0.2) is 48.5 Å². The molecule has 2 aromatic carbocycles. The number of carbonyl (C=O) groups is 1. The summed E-state index contributed by atoms with van der Waals surface area (Å²) in [5, 5.41) is 10.6. The highest BCUT2D eigenvalue weighted by atomic mass is 35.5. The van der Waals surface area contributed by atoms with Crippen LogP contribution in [-0.2, 0) is 11.2 Å². The van der Waals surface area contributed by atoms with Gasteiger partial charge in [-0.2, -0.15) is 0 Å². The Morgan fingerprint density at radius 2 is 1.80 bits per heavy atom. The van der Waals surface area contributed by atoms with Gasteiger partial charge in [0.2, 0.25) is 0 Å². The van der Waals surface area contributed by atoms with Gasteiger partial charge in [-0.3, -0.25) is 4.79 Å². The highest BCUT2D eigenvalue weighted by Gasteiger charge is 2.15. The summed E-state index contributed by atoms with van der Waals surface area (Å²) in [6.07, 6.45) is -0.0259. The van der Waals surface area contributed by atoms with Crippen LogP contribution in [0, 0.1) is 0 Å². The second kappa shape index (κ2) is 5.02. The van der Waals surface area contributed by atoms with E-state index in [1.165, 1.54) is 0 Å². The summed E-state index contributed by atoms with van der Waals surface area (Å²) in [6.45, 7) is 0. The van der Waals surface area contributed by atoms with Crippen LogP contribution in [-0.4, -0.2) is 16.1 Å². The smallest absolute Gasteiger partial charge is 0.307 e. The van der Waals surface area contributed by atoms with Crippen molar-refractivity contribution in [1.29, 1.82) is 0 Å². The van der Waals surface area contributed by atoms with Gasteiger partial charge in [0, 0.05) is 16.5 Å². The Hall–Kier alpha value is -2.26. The number of hydrogen-bond donors (Lipinski definition) is 2. The molecular formula is C16H12ClNO2. The Balaban J connectivity index is 2.20. The average Bonchev–Trinajstić information content (AvgIpc) is 2.77. The van der Waals surface area contributed by atoms with E-state index in [0.29, 0.717) is 5.02 Å². The van der Waals surface area contributed by atoms with Gasteiger partial charge in [0.15, 0.2) is 0 Å². The lowest BCUT2D eigenvalue weighted by atomic mass is 10.0. The van der Waals surface area contributed by atoms with Crippen molar-refractivity contribution in [3.63, 3.8) is 0 Å². The first-order chi connectivity index (χ1) is 9.66. The van der Waals surface area contributed by atoms with Crippen LogP contribution in [0.4, 0.5) is 0 Å². The van der Waals surface area contributed by atoms with Crippen molar-refractivity contribution in [2.24, 2.45) is 0 Å². The Morgan fingerprint density at radius 1 is 1.10 bits per heavy atom. The van der Waals surface area contributed by atoms with E-state index in [9.17, 15) is 4.79 Å². The first-order valence-electron chi connectivity index (χ1n) is 6.23. The zero-order valence-corrected chi connectivity index (χ0v) is 11.3. The molecule has 1 heterocycles. The summed E-state index contributed by atoms with van der Waals surface area (Å²) < 4.78 is 0. The van der Waals surface area contributed by atoms with Crippen molar-refractivity contribution in [3.8, 4) is 11.3 Å². The number of rotatable bonds is 3. The molecule has 0 unspecified atom stereocenters. The zero-order valence-electron chi connectivity index (χ0n) is 10.6. The molecule has 100 valence electrons. The number of nitrogens with one attached hydrogen (secondary N) is 1. The van der Waals surface area contributed by atoms with Crippen LogP contribution in [0.5, 0.6) is 0 Å². The van der Waals surface area contributed by atoms with Crippen LogP contribution in [0.3, 0.4) is 0 Å². The molecule has 0 spiro atoms. The highest BCUT2D eigenvalue weighted by molar-refractivity contribution is 6.38. The van der Waals surface area contributed by atoms with Gasteiger partial charge in [0.05, 0.1) is 17.1 Å². The molecular weight excluding hydrogens is 274 g/mol. The number of aromatic amines is 1. The van der Waals surface area contributed by atoms with E-state index in [1.807, 2.05) is 48.5 Å². The lowest BCUT2D eigenvalue weighted by Crippen LogP contribution is -2.01. The topological polar surface area (TPSA) is 53.1 Å². The average molecular weight is 286 g/mol. The maximum Gasteiger partial charge on any atom is 0.307 e. The normalized spacial score (nSPS) is 10.8. The maximum atomic E-state index is 11.0. The first kappa shape index (κ1) is 12.8. The Bertz CT molecular complexity index is 792. The zero-order chi connectivity index (χ0) is 14.1. The number of para-hydroxylation sites is 1. The maximum absolute atomic E-state index is 11.0. The molecule has 0 atom stereocenters. The SMILES string of the molecule is O=C(O)Cc1ccccc1-c1[nH]c2ccccc2c1Cl. The molecule has 3 nitrogen and oxygen atoms in total. The summed E-state index contributed by atoms with van der Waals surface area (Å²) in [5.74, 6) is -0.857. The molecule has 0 saturated heterocycles. The fourth-order valence-electron chi connectivity index (χ4n) is 2.37. The van der Waals surface area contributed by atoms with E-state index in [0.717, 1.165) is 27.7 Å². The molecule has 2 N–H and O–H groups in total. The van der Waals surface area contributed by atoms with E-state index in [1.54, 1.807) is 0 Å². The number of aliphatic carboxylic acids is 1. The van der Waals surface area contributed by atoms with Crippen LogP contribution < -0.4 is 0 Å². The third-order valence-corrected chi connectivity index (χ3v) is 3.66. The van der Waals surface area contributed by atoms with Crippen molar-refractivity contribution in [2.45, 2.75) is 6.42 Å². The van der Waals surface area contributed by atoms with Gasteiger partial charge in [0.25, 0.3) is 0 Å². The predicted molar refractivity (Wildman–Crippen MR) is 80.1 cm³/mol. The van der Waals surface area contributed by atoms with Crippen molar-refractivity contribution in [3.05, 3.63) is 59.1 Å². The van der Waals surface area contributed by atoms with Gasteiger partial charge >= 0.3 is 5.97 Å². The van der Waals surface area contributed by atoms with E-state index < -0.39 is 5.97 Å². The fourth-order valence-corrected chi connectivity index (χ4v) is 2.69. The quantitative estimate of drug-likeness (QED) is 0.761. The number of fused-ring (bicyclic) bond motifs is 1. The summed E-state index contributed by atoms with van der Waals surface area (Å²) in [4.78, 5) is 14.2. The summed E-state index contributed by atoms with van der Waals surface area (Å²) >= 11 is 6.42. The van der Waals surface area contributed by atoms with Crippen LogP contribution >= 0.6 is 11.6 Å². The molecule has 0 aliphatic heterocycles. The molecule has 3 rings (SSSR count). The Morgan fingerprint density at radius 3 is 2.55 bits per heavy atom. The minimum Gasteiger partial charge on any atom is -0.481 e. The van der Waals surface area contributed by atoms with E-state index >= 15 is 0 Å². The number of carboxylic acids is 1. The lowest BCUT2D eigenvalue weighted by Gasteiger charge is -2.06. The van der Waals surface area contributed by atoms with Gasteiger partial charge in [-0.05, 0) is 11.6 Å². The first-order valence-corrected chi connectivity index (χ1v) is 6.61. The van der Waals surface area contributed by atoms with E-state index in [2.05, 4.69) is 4.98 Å². The van der Waals surface area contributed by atoms with Crippen LogP contribution in [0.1, 0.15) is 5.56 Å². The number of H-pyrrole nitrogens is 1. The minimum atomic E-state index is -0.857. The number of hydrogen-bond acceptors (Lipinski definition) is 1. The molecule has 0 bridgehead atoms. The third kappa shape index (κ3) is 2.17. The largest absolute Gasteiger partial charge is 0.481 e. The second-order valence-electron chi connectivity index (χ2n) is 4.59. The number of aromatic nitrogens is 1. The van der Waals surface area contributed by atoms with E-state index in [-0.39, 0.29) is 6.42 Å². The number of benzene rings is 2. The van der Waals surface area contributed by atoms with Crippen LogP contribution in [0.2, 0.25) is 5.02 Å². The Labute approximate surface area is 120 Å². The number of halogens is 1. The Kier molecular flexibility index (Phi) is 3.20. The molecule has 20 heavy (non-hydrogen) atoms. The second-order valence-corrected chi connectivity index (χ2v) is 4.97.